The fraction of sp³-hybridized carbons (Fsp3) is 0.792. The molecule has 4 aliphatic rings. The zero-order chi connectivity index (χ0) is 23.4. The summed E-state index contributed by atoms with van der Waals surface area (Å²) in [6, 6.07) is 0. The van der Waals surface area contributed by atoms with Crippen LogP contribution >= 0.6 is 11.3 Å². The summed E-state index contributed by atoms with van der Waals surface area (Å²) in [5.74, 6) is 0.118. The van der Waals surface area contributed by atoms with Crippen LogP contribution in [0, 0.1) is 22.7 Å². The van der Waals surface area contributed by atoms with Crippen LogP contribution in [0.3, 0.4) is 0 Å². The Morgan fingerprint density at radius 3 is 2.64 bits per heavy atom. The molecule has 3 N–H and O–H groups in total. The summed E-state index contributed by atoms with van der Waals surface area (Å²) < 4.78 is 5.42. The molecule has 182 valence electrons. The normalized spacial score (nSPS) is 36.1. The first-order valence-corrected chi connectivity index (χ1v) is 13.0. The lowest BCUT2D eigenvalue weighted by atomic mass is 9.47. The van der Waals surface area contributed by atoms with Crippen molar-refractivity contribution < 1.29 is 24.5 Å². The van der Waals surface area contributed by atoms with Gasteiger partial charge in [0, 0.05) is 41.6 Å². The van der Waals surface area contributed by atoms with Gasteiger partial charge >= 0.3 is 0 Å². The molecule has 3 aliphatic carbocycles. The number of carbonyl (C=O) groups is 2. The standard InChI is InChI=1S/C24H35N3O5S/c1-23-6-5-18(29)24(2,13-28)17(23)12-16-20(25-22(33-16)26-21(31)14-3-4-14)15(23)11-19(30)27-7-9-32-10-8-27/h14-15,17-18,28-29H,3-13H2,1-2H3,(H,25,26,31). The zero-order valence-electron chi connectivity index (χ0n) is 19.5. The zero-order valence-corrected chi connectivity index (χ0v) is 20.3. The molecule has 0 spiro atoms. The first kappa shape index (κ1) is 23.2. The van der Waals surface area contributed by atoms with E-state index in [1.807, 2.05) is 11.8 Å². The molecule has 0 aromatic carbocycles. The number of hydrogen-bond acceptors (Lipinski definition) is 7. The Morgan fingerprint density at radius 1 is 1.24 bits per heavy atom. The monoisotopic (exact) mass is 477 g/mol. The molecular weight excluding hydrogens is 442 g/mol. The molecule has 0 bridgehead atoms. The van der Waals surface area contributed by atoms with Crippen LogP contribution in [0.25, 0.3) is 0 Å². The second kappa shape index (κ2) is 8.59. The van der Waals surface area contributed by atoms with Crippen molar-refractivity contribution in [2.75, 3.05) is 38.2 Å². The number of aliphatic hydroxyl groups excluding tert-OH is 2. The summed E-state index contributed by atoms with van der Waals surface area (Å²) >= 11 is 1.49. The van der Waals surface area contributed by atoms with Gasteiger partial charge in [0.15, 0.2) is 5.13 Å². The molecule has 8 nitrogen and oxygen atoms in total. The number of aromatic nitrogens is 1. The quantitative estimate of drug-likeness (QED) is 0.599. The Kier molecular flexibility index (Phi) is 6.04. The van der Waals surface area contributed by atoms with E-state index in [-0.39, 0.29) is 41.6 Å². The maximum absolute atomic E-state index is 13.3. The molecule has 2 saturated carbocycles. The van der Waals surface area contributed by atoms with Gasteiger partial charge in [-0.1, -0.05) is 13.8 Å². The number of nitrogens with one attached hydrogen (secondary N) is 1. The molecule has 1 aromatic rings. The smallest absolute Gasteiger partial charge is 0.229 e. The van der Waals surface area contributed by atoms with Crippen LogP contribution in [-0.2, 0) is 20.7 Å². The summed E-state index contributed by atoms with van der Waals surface area (Å²) in [6.45, 7) is 6.41. The first-order valence-electron chi connectivity index (χ1n) is 12.2. The number of anilines is 1. The number of aliphatic hydroxyl groups is 2. The van der Waals surface area contributed by atoms with Crippen molar-refractivity contribution in [2.45, 2.75) is 64.4 Å². The summed E-state index contributed by atoms with van der Waals surface area (Å²) in [4.78, 5) is 33.5. The van der Waals surface area contributed by atoms with Gasteiger partial charge in [0.1, 0.15) is 0 Å². The van der Waals surface area contributed by atoms with Gasteiger partial charge in [0.05, 0.1) is 31.6 Å². The number of amides is 2. The second-order valence-corrected chi connectivity index (χ2v) is 11.9. The van der Waals surface area contributed by atoms with E-state index in [2.05, 4.69) is 12.2 Å². The molecule has 2 amide bonds. The van der Waals surface area contributed by atoms with E-state index in [0.717, 1.165) is 29.8 Å². The highest BCUT2D eigenvalue weighted by atomic mass is 32.1. The highest BCUT2D eigenvalue weighted by Crippen LogP contribution is 2.63. The van der Waals surface area contributed by atoms with Gasteiger partial charge in [0.2, 0.25) is 11.8 Å². The predicted molar refractivity (Wildman–Crippen MR) is 124 cm³/mol. The molecule has 3 fully saturated rings. The summed E-state index contributed by atoms with van der Waals surface area (Å²) in [7, 11) is 0. The predicted octanol–water partition coefficient (Wildman–Crippen LogP) is 2.16. The molecule has 1 saturated heterocycles. The van der Waals surface area contributed by atoms with Gasteiger partial charge in [-0.2, -0.15) is 0 Å². The molecule has 9 heteroatoms. The van der Waals surface area contributed by atoms with Crippen molar-refractivity contribution in [2.24, 2.45) is 22.7 Å². The number of rotatable bonds is 5. The largest absolute Gasteiger partial charge is 0.396 e. The Morgan fingerprint density at radius 2 is 1.97 bits per heavy atom. The number of thiazole rings is 1. The van der Waals surface area contributed by atoms with Crippen molar-refractivity contribution in [1.82, 2.24) is 9.88 Å². The Hall–Kier alpha value is -1.55. The average Bonchev–Trinajstić information content (AvgIpc) is 3.59. The third kappa shape index (κ3) is 4.00. The van der Waals surface area contributed by atoms with Crippen LogP contribution in [0.5, 0.6) is 0 Å². The first-order chi connectivity index (χ1) is 15.8. The van der Waals surface area contributed by atoms with Crippen LogP contribution in [-0.4, -0.2) is 70.9 Å². The van der Waals surface area contributed by atoms with E-state index >= 15 is 0 Å². The Balaban J connectivity index is 1.50. The van der Waals surface area contributed by atoms with Crippen molar-refractivity contribution >= 4 is 28.3 Å². The molecule has 5 atom stereocenters. The van der Waals surface area contributed by atoms with E-state index in [4.69, 9.17) is 9.72 Å². The molecule has 5 unspecified atom stereocenters. The maximum Gasteiger partial charge on any atom is 0.229 e. The van der Waals surface area contributed by atoms with Crippen LogP contribution < -0.4 is 5.32 Å². The van der Waals surface area contributed by atoms with E-state index < -0.39 is 11.5 Å². The molecule has 2 heterocycles. The van der Waals surface area contributed by atoms with E-state index in [9.17, 15) is 19.8 Å². The van der Waals surface area contributed by atoms with E-state index in [1.54, 1.807) is 0 Å². The third-order valence-electron chi connectivity index (χ3n) is 8.81. The number of carbonyl (C=O) groups excluding carboxylic acids is 2. The lowest BCUT2D eigenvalue weighted by Crippen LogP contribution is -2.58. The average molecular weight is 478 g/mol. The number of morpholine rings is 1. The van der Waals surface area contributed by atoms with Crippen molar-refractivity contribution in [1.29, 1.82) is 0 Å². The number of ether oxygens (including phenoxy) is 1. The van der Waals surface area contributed by atoms with Crippen LogP contribution in [0.15, 0.2) is 0 Å². The topological polar surface area (TPSA) is 112 Å². The fourth-order valence-electron chi connectivity index (χ4n) is 6.37. The molecule has 0 radical (unpaired) electrons. The van der Waals surface area contributed by atoms with E-state index in [1.165, 1.54) is 11.3 Å². The number of nitrogens with zero attached hydrogens (tertiary/aromatic N) is 2. The van der Waals surface area contributed by atoms with Gasteiger partial charge in [-0.3, -0.25) is 9.59 Å². The Bertz CT molecular complexity index is 927. The van der Waals surface area contributed by atoms with Crippen molar-refractivity contribution in [3.8, 4) is 0 Å². The molecule has 1 aromatic heterocycles. The van der Waals surface area contributed by atoms with Crippen molar-refractivity contribution in [3.63, 3.8) is 0 Å². The lowest BCUT2D eigenvalue weighted by Gasteiger charge is -2.58. The fourth-order valence-corrected chi connectivity index (χ4v) is 7.44. The Labute approximate surface area is 198 Å². The lowest BCUT2D eigenvalue weighted by molar-refractivity contribution is -0.149. The summed E-state index contributed by atoms with van der Waals surface area (Å²) in [5, 5.41) is 24.8. The van der Waals surface area contributed by atoms with Gasteiger partial charge in [-0.25, -0.2) is 4.98 Å². The van der Waals surface area contributed by atoms with Gasteiger partial charge < -0.3 is 25.2 Å². The minimum Gasteiger partial charge on any atom is -0.396 e. The van der Waals surface area contributed by atoms with Crippen LogP contribution in [0.2, 0.25) is 0 Å². The molecule has 33 heavy (non-hydrogen) atoms. The third-order valence-corrected chi connectivity index (χ3v) is 9.82. The number of fused-ring (bicyclic) bond motifs is 2. The SMILES string of the molecule is CC1(CO)C(O)CCC2(C)C(CC(=O)N3CCOCC3)c3nc(NC(=O)C4CC4)sc3CC12. The highest BCUT2D eigenvalue weighted by molar-refractivity contribution is 7.15. The van der Waals surface area contributed by atoms with Crippen LogP contribution in [0.1, 0.15) is 62.4 Å². The minimum absolute atomic E-state index is 0.0150. The van der Waals surface area contributed by atoms with Gasteiger partial charge in [0.25, 0.3) is 0 Å². The molecule has 5 rings (SSSR count). The maximum atomic E-state index is 13.3. The van der Waals surface area contributed by atoms with Crippen molar-refractivity contribution in [3.05, 3.63) is 10.6 Å². The number of hydrogen-bond donors (Lipinski definition) is 3. The van der Waals surface area contributed by atoms with E-state index in [0.29, 0.717) is 50.7 Å². The van der Waals surface area contributed by atoms with Gasteiger partial charge in [-0.15, -0.1) is 11.3 Å². The minimum atomic E-state index is -0.646. The summed E-state index contributed by atoms with van der Waals surface area (Å²) in [5.41, 5.74) is -0.00715. The second-order valence-electron chi connectivity index (χ2n) is 10.8. The van der Waals surface area contributed by atoms with Gasteiger partial charge in [-0.05, 0) is 43.4 Å². The molecule has 1 aliphatic heterocycles. The summed E-state index contributed by atoms with van der Waals surface area (Å²) in [6.07, 6.45) is 3.68. The van der Waals surface area contributed by atoms with Crippen LogP contribution in [0.4, 0.5) is 5.13 Å². The highest BCUT2D eigenvalue weighted by Gasteiger charge is 2.59. The molecular formula is C24H35N3O5S.